The molecule has 0 saturated carbocycles. The number of likely N-dealkylation sites (N-methyl/N-ethyl adjacent to an activating group) is 1. The average Bonchev–Trinajstić information content (AvgIpc) is 2.69. The summed E-state index contributed by atoms with van der Waals surface area (Å²) in [6.07, 6.45) is 1.58. The molecule has 0 aliphatic carbocycles. The van der Waals surface area contributed by atoms with Gasteiger partial charge in [-0.2, -0.15) is 0 Å². The summed E-state index contributed by atoms with van der Waals surface area (Å²) in [6, 6.07) is 0.792. The summed E-state index contributed by atoms with van der Waals surface area (Å²) in [6.45, 7) is 11.3. The minimum atomic E-state index is -0.819. The second-order valence-corrected chi connectivity index (χ2v) is 7.31. The minimum absolute atomic E-state index is 0.177. The Morgan fingerprint density at radius 1 is 1.43 bits per heavy atom. The SMILES string of the molecule is CC(C)NC(C)(CCCN1CC(C)C(N(C)C)C1)C(=O)O. The van der Waals surface area contributed by atoms with Crippen LogP contribution < -0.4 is 5.32 Å². The molecule has 2 N–H and O–H groups in total. The van der Waals surface area contributed by atoms with Crippen LogP contribution in [0.1, 0.15) is 40.5 Å². The van der Waals surface area contributed by atoms with Crippen molar-refractivity contribution in [3.63, 3.8) is 0 Å². The first-order valence-corrected chi connectivity index (χ1v) is 8.05. The van der Waals surface area contributed by atoms with E-state index >= 15 is 0 Å². The van der Waals surface area contributed by atoms with Gasteiger partial charge < -0.3 is 14.9 Å². The second kappa shape index (κ2) is 7.56. The molecule has 0 radical (unpaired) electrons. The Hall–Kier alpha value is -0.650. The summed E-state index contributed by atoms with van der Waals surface area (Å²) in [4.78, 5) is 16.3. The van der Waals surface area contributed by atoms with Gasteiger partial charge in [-0.25, -0.2) is 0 Å². The summed E-state index contributed by atoms with van der Waals surface area (Å²) in [5, 5.41) is 12.6. The molecule has 0 aromatic carbocycles. The number of hydrogen-bond donors (Lipinski definition) is 2. The third kappa shape index (κ3) is 5.24. The van der Waals surface area contributed by atoms with Crippen LogP contribution in [0.25, 0.3) is 0 Å². The molecule has 1 aliphatic rings. The number of likely N-dealkylation sites (tertiary alicyclic amines) is 1. The van der Waals surface area contributed by atoms with E-state index in [-0.39, 0.29) is 6.04 Å². The number of carboxylic acids is 1. The highest BCUT2D eigenvalue weighted by atomic mass is 16.4. The van der Waals surface area contributed by atoms with Gasteiger partial charge in [0.2, 0.25) is 0 Å². The van der Waals surface area contributed by atoms with Crippen molar-refractivity contribution in [3.05, 3.63) is 0 Å². The second-order valence-electron chi connectivity index (χ2n) is 7.31. The maximum absolute atomic E-state index is 11.5. The van der Waals surface area contributed by atoms with E-state index in [9.17, 15) is 9.90 Å². The van der Waals surface area contributed by atoms with Gasteiger partial charge in [0, 0.05) is 25.2 Å². The van der Waals surface area contributed by atoms with Crippen LogP contribution in [0.5, 0.6) is 0 Å². The highest BCUT2D eigenvalue weighted by Gasteiger charge is 2.34. The molecule has 1 rings (SSSR count). The molecule has 1 aliphatic heterocycles. The highest BCUT2D eigenvalue weighted by molar-refractivity contribution is 5.78. The van der Waals surface area contributed by atoms with E-state index in [4.69, 9.17) is 0 Å². The lowest BCUT2D eigenvalue weighted by Gasteiger charge is -2.29. The number of rotatable bonds is 8. The fourth-order valence-corrected chi connectivity index (χ4v) is 3.44. The van der Waals surface area contributed by atoms with Crippen LogP contribution in [0.3, 0.4) is 0 Å². The third-order valence-electron chi connectivity index (χ3n) is 4.54. The van der Waals surface area contributed by atoms with Gasteiger partial charge in [0.1, 0.15) is 5.54 Å². The summed E-state index contributed by atoms with van der Waals surface area (Å²) in [5.74, 6) is -0.0724. The van der Waals surface area contributed by atoms with E-state index in [1.807, 2.05) is 13.8 Å². The van der Waals surface area contributed by atoms with E-state index in [2.05, 4.69) is 36.1 Å². The summed E-state index contributed by atoms with van der Waals surface area (Å²) < 4.78 is 0. The molecule has 5 heteroatoms. The molecule has 124 valence electrons. The molecule has 21 heavy (non-hydrogen) atoms. The fraction of sp³-hybridized carbons (Fsp3) is 0.938. The smallest absolute Gasteiger partial charge is 0.323 e. The molecule has 1 fully saturated rings. The van der Waals surface area contributed by atoms with Crippen LogP contribution in [0.4, 0.5) is 0 Å². The number of hydrogen-bond acceptors (Lipinski definition) is 4. The zero-order valence-corrected chi connectivity index (χ0v) is 14.5. The summed E-state index contributed by atoms with van der Waals surface area (Å²) in [7, 11) is 4.28. The molecule has 0 aromatic heterocycles. The number of aliphatic carboxylic acids is 1. The maximum atomic E-state index is 11.5. The molecule has 3 atom stereocenters. The maximum Gasteiger partial charge on any atom is 0.323 e. The standard InChI is InChI=1S/C16H33N3O2/c1-12(2)17-16(4,15(20)21)8-7-9-19-10-13(3)14(11-19)18(5)6/h12-14,17H,7-11H2,1-6H3,(H,20,21). The van der Waals surface area contributed by atoms with Crippen molar-refractivity contribution in [1.29, 1.82) is 0 Å². The largest absolute Gasteiger partial charge is 0.480 e. The summed E-state index contributed by atoms with van der Waals surface area (Å²) >= 11 is 0. The molecular weight excluding hydrogens is 266 g/mol. The molecule has 1 heterocycles. The van der Waals surface area contributed by atoms with E-state index in [0.717, 1.165) is 26.1 Å². The molecule has 3 unspecified atom stereocenters. The molecule has 0 amide bonds. The lowest BCUT2D eigenvalue weighted by Crippen LogP contribution is -2.52. The van der Waals surface area contributed by atoms with Crippen molar-refractivity contribution in [1.82, 2.24) is 15.1 Å². The van der Waals surface area contributed by atoms with Crippen molar-refractivity contribution in [2.75, 3.05) is 33.7 Å². The Balaban J connectivity index is 2.43. The lowest BCUT2D eigenvalue weighted by molar-refractivity contribution is -0.144. The van der Waals surface area contributed by atoms with Crippen LogP contribution in [-0.2, 0) is 4.79 Å². The molecule has 5 nitrogen and oxygen atoms in total. The predicted molar refractivity (Wildman–Crippen MR) is 86.6 cm³/mol. The zero-order chi connectivity index (χ0) is 16.2. The summed E-state index contributed by atoms with van der Waals surface area (Å²) in [5.41, 5.74) is -0.819. The Bertz CT molecular complexity index is 346. The number of nitrogens with zero attached hydrogens (tertiary/aromatic N) is 2. The van der Waals surface area contributed by atoms with E-state index in [1.54, 1.807) is 6.92 Å². The number of carbonyl (C=O) groups is 1. The van der Waals surface area contributed by atoms with Crippen LogP contribution in [0.15, 0.2) is 0 Å². The monoisotopic (exact) mass is 299 g/mol. The van der Waals surface area contributed by atoms with Crippen molar-refractivity contribution < 1.29 is 9.90 Å². The van der Waals surface area contributed by atoms with Crippen LogP contribution in [-0.4, -0.2) is 72.2 Å². The Kier molecular flexibility index (Phi) is 6.63. The van der Waals surface area contributed by atoms with Crippen molar-refractivity contribution in [2.45, 2.75) is 58.2 Å². The van der Waals surface area contributed by atoms with Crippen LogP contribution in [0, 0.1) is 5.92 Å². The van der Waals surface area contributed by atoms with Crippen molar-refractivity contribution in [3.8, 4) is 0 Å². The Morgan fingerprint density at radius 2 is 2.05 bits per heavy atom. The van der Waals surface area contributed by atoms with Gasteiger partial charge in [-0.05, 0) is 60.2 Å². The zero-order valence-electron chi connectivity index (χ0n) is 14.5. The fourth-order valence-electron chi connectivity index (χ4n) is 3.44. The first-order chi connectivity index (χ1) is 9.65. The van der Waals surface area contributed by atoms with Gasteiger partial charge in [0.25, 0.3) is 0 Å². The normalized spacial score (nSPS) is 26.5. The predicted octanol–water partition coefficient (Wildman–Crippen LogP) is 1.49. The molecule has 0 spiro atoms. The van der Waals surface area contributed by atoms with Gasteiger partial charge in [-0.15, -0.1) is 0 Å². The van der Waals surface area contributed by atoms with Crippen LogP contribution >= 0.6 is 0 Å². The van der Waals surface area contributed by atoms with Gasteiger partial charge in [-0.3, -0.25) is 10.1 Å². The lowest BCUT2D eigenvalue weighted by atomic mass is 9.94. The number of nitrogens with one attached hydrogen (secondary N) is 1. The van der Waals surface area contributed by atoms with Crippen molar-refractivity contribution >= 4 is 5.97 Å². The number of carboxylic acid groups (broad SMARTS) is 1. The average molecular weight is 299 g/mol. The van der Waals surface area contributed by atoms with E-state index in [0.29, 0.717) is 18.4 Å². The van der Waals surface area contributed by atoms with E-state index < -0.39 is 11.5 Å². The molecule has 0 bridgehead atoms. The third-order valence-corrected chi connectivity index (χ3v) is 4.54. The Morgan fingerprint density at radius 3 is 2.48 bits per heavy atom. The molecule has 0 aromatic rings. The van der Waals surface area contributed by atoms with Crippen LogP contribution in [0.2, 0.25) is 0 Å². The minimum Gasteiger partial charge on any atom is -0.480 e. The topological polar surface area (TPSA) is 55.8 Å². The Labute approximate surface area is 129 Å². The quantitative estimate of drug-likeness (QED) is 0.711. The van der Waals surface area contributed by atoms with Crippen molar-refractivity contribution in [2.24, 2.45) is 5.92 Å². The first kappa shape index (κ1) is 18.4. The van der Waals surface area contributed by atoms with Gasteiger partial charge in [-0.1, -0.05) is 6.92 Å². The van der Waals surface area contributed by atoms with E-state index in [1.165, 1.54) is 0 Å². The first-order valence-electron chi connectivity index (χ1n) is 8.05. The van der Waals surface area contributed by atoms with Gasteiger partial charge in [0.15, 0.2) is 0 Å². The highest BCUT2D eigenvalue weighted by Crippen LogP contribution is 2.21. The van der Waals surface area contributed by atoms with Gasteiger partial charge in [0.05, 0.1) is 0 Å². The molecular formula is C16H33N3O2. The van der Waals surface area contributed by atoms with Gasteiger partial charge >= 0.3 is 5.97 Å². The molecule has 1 saturated heterocycles.